The van der Waals surface area contributed by atoms with Gasteiger partial charge in [-0.3, -0.25) is 4.79 Å². The van der Waals surface area contributed by atoms with Gasteiger partial charge in [0.2, 0.25) is 5.91 Å². The first kappa shape index (κ1) is 13.6. The maximum atomic E-state index is 12.1. The predicted octanol–water partition coefficient (Wildman–Crippen LogP) is 2.02. The van der Waals surface area contributed by atoms with Crippen LogP contribution < -0.4 is 5.32 Å². The number of aryl methyl sites for hydroxylation is 1. The summed E-state index contributed by atoms with van der Waals surface area (Å²) in [5.41, 5.74) is 2.08. The first-order valence-electron chi connectivity index (χ1n) is 6.59. The second kappa shape index (κ2) is 5.03. The molecule has 1 amide bonds. The molecule has 0 fully saturated rings. The smallest absolute Gasteiger partial charge is 0.335 e. The molecule has 4 nitrogen and oxygen atoms in total. The molecule has 0 aromatic heterocycles. The van der Waals surface area contributed by atoms with Crippen LogP contribution in [0.15, 0.2) is 18.2 Å². The molecule has 0 bridgehead atoms. The summed E-state index contributed by atoms with van der Waals surface area (Å²) >= 11 is 0. The van der Waals surface area contributed by atoms with E-state index < -0.39 is 5.97 Å². The fourth-order valence-electron chi connectivity index (χ4n) is 2.65. The van der Waals surface area contributed by atoms with Crippen LogP contribution in [0.4, 0.5) is 0 Å². The molecule has 1 aromatic rings. The van der Waals surface area contributed by atoms with Crippen LogP contribution >= 0.6 is 0 Å². The Morgan fingerprint density at radius 2 is 2.11 bits per heavy atom. The zero-order valence-corrected chi connectivity index (χ0v) is 11.3. The molecule has 0 spiro atoms. The Kier molecular flexibility index (Phi) is 3.60. The van der Waals surface area contributed by atoms with Gasteiger partial charge in [0.1, 0.15) is 0 Å². The molecule has 0 saturated heterocycles. The second-order valence-corrected chi connectivity index (χ2v) is 5.39. The third-order valence-corrected chi connectivity index (χ3v) is 3.87. The van der Waals surface area contributed by atoms with Crippen LogP contribution in [0.2, 0.25) is 0 Å². The Bertz CT molecular complexity index is 524. The Hall–Kier alpha value is -1.84. The zero-order valence-electron chi connectivity index (χ0n) is 11.3. The van der Waals surface area contributed by atoms with Crippen molar-refractivity contribution in [2.75, 3.05) is 6.54 Å². The molecule has 102 valence electrons. The van der Waals surface area contributed by atoms with Crippen LogP contribution in [0.25, 0.3) is 0 Å². The van der Waals surface area contributed by atoms with E-state index in [4.69, 9.17) is 5.11 Å². The van der Waals surface area contributed by atoms with Crippen LogP contribution in [0.5, 0.6) is 0 Å². The first-order chi connectivity index (χ1) is 8.96. The summed E-state index contributed by atoms with van der Waals surface area (Å²) in [6.07, 6.45) is 2.19. The van der Waals surface area contributed by atoms with Crippen molar-refractivity contribution in [3.8, 4) is 0 Å². The van der Waals surface area contributed by atoms with E-state index in [0.29, 0.717) is 18.5 Å². The van der Waals surface area contributed by atoms with Crippen LogP contribution in [-0.2, 0) is 17.6 Å². The number of amides is 1. The number of aromatic carboxylic acids is 1. The zero-order chi connectivity index (χ0) is 14.0. The molecule has 0 saturated carbocycles. The number of hydrogen-bond donors (Lipinski definition) is 2. The van der Waals surface area contributed by atoms with Crippen LogP contribution in [0.1, 0.15) is 41.8 Å². The fraction of sp³-hybridized carbons (Fsp3) is 0.467. The summed E-state index contributed by atoms with van der Waals surface area (Å²) < 4.78 is 0. The quantitative estimate of drug-likeness (QED) is 0.874. The van der Waals surface area contributed by atoms with E-state index in [1.807, 2.05) is 19.9 Å². The number of nitrogens with one attached hydrogen (secondary N) is 1. The SMILES string of the molecule is CCNC(=O)C1(C)CCc2cc(C(=O)O)ccc2C1. The van der Waals surface area contributed by atoms with Gasteiger partial charge in [0, 0.05) is 6.54 Å². The van der Waals surface area contributed by atoms with Crippen molar-refractivity contribution in [2.45, 2.75) is 33.1 Å². The molecule has 1 atom stereocenters. The first-order valence-corrected chi connectivity index (χ1v) is 6.59. The molecule has 4 heteroatoms. The summed E-state index contributed by atoms with van der Waals surface area (Å²) in [5.74, 6) is -0.817. The van der Waals surface area contributed by atoms with E-state index in [1.54, 1.807) is 12.1 Å². The van der Waals surface area contributed by atoms with E-state index in [0.717, 1.165) is 24.0 Å². The normalized spacial score (nSPS) is 21.6. The minimum absolute atomic E-state index is 0.0861. The van der Waals surface area contributed by atoms with E-state index in [9.17, 15) is 9.59 Å². The number of carbonyl (C=O) groups is 2. The topological polar surface area (TPSA) is 66.4 Å². The largest absolute Gasteiger partial charge is 0.478 e. The molecule has 2 rings (SSSR count). The number of benzene rings is 1. The van der Waals surface area contributed by atoms with Gasteiger partial charge in [0.25, 0.3) is 0 Å². The lowest BCUT2D eigenvalue weighted by Gasteiger charge is -2.33. The number of carboxylic acid groups (broad SMARTS) is 1. The standard InChI is InChI=1S/C15H19NO3/c1-3-16-14(19)15(2)7-6-10-8-11(13(17)18)4-5-12(10)9-15/h4-5,8H,3,6-7,9H2,1-2H3,(H,16,19)(H,17,18). The highest BCUT2D eigenvalue weighted by Crippen LogP contribution is 2.35. The van der Waals surface area contributed by atoms with Gasteiger partial charge in [-0.25, -0.2) is 4.79 Å². The molecule has 1 aromatic carbocycles. The number of fused-ring (bicyclic) bond motifs is 1. The molecule has 1 aliphatic carbocycles. The Balaban J connectivity index is 2.25. The fourth-order valence-corrected chi connectivity index (χ4v) is 2.65. The van der Waals surface area contributed by atoms with Gasteiger partial charge < -0.3 is 10.4 Å². The van der Waals surface area contributed by atoms with E-state index in [-0.39, 0.29) is 11.3 Å². The molecule has 0 heterocycles. The maximum absolute atomic E-state index is 12.1. The van der Waals surface area contributed by atoms with Crippen LogP contribution in [0.3, 0.4) is 0 Å². The van der Waals surface area contributed by atoms with Crippen molar-refractivity contribution in [3.05, 3.63) is 34.9 Å². The monoisotopic (exact) mass is 261 g/mol. The minimum Gasteiger partial charge on any atom is -0.478 e. The lowest BCUT2D eigenvalue weighted by molar-refractivity contribution is -0.130. The molecule has 0 aliphatic heterocycles. The van der Waals surface area contributed by atoms with Gasteiger partial charge in [-0.2, -0.15) is 0 Å². The number of rotatable bonds is 3. The summed E-state index contributed by atoms with van der Waals surface area (Å²) in [4.78, 5) is 23.0. The van der Waals surface area contributed by atoms with Gasteiger partial charge in [-0.1, -0.05) is 13.0 Å². The number of carbonyl (C=O) groups excluding carboxylic acids is 1. The lowest BCUT2D eigenvalue weighted by atomic mass is 9.72. The average molecular weight is 261 g/mol. The summed E-state index contributed by atoms with van der Waals surface area (Å²) in [7, 11) is 0. The number of carboxylic acids is 1. The van der Waals surface area contributed by atoms with Gasteiger partial charge in [-0.15, -0.1) is 0 Å². The molecule has 1 aliphatic rings. The highest BCUT2D eigenvalue weighted by atomic mass is 16.4. The molecular formula is C15H19NO3. The van der Waals surface area contributed by atoms with Crippen molar-refractivity contribution < 1.29 is 14.7 Å². The Morgan fingerprint density at radius 3 is 2.74 bits per heavy atom. The molecule has 19 heavy (non-hydrogen) atoms. The summed E-state index contributed by atoms with van der Waals surface area (Å²) in [5, 5.41) is 11.9. The predicted molar refractivity (Wildman–Crippen MR) is 72.2 cm³/mol. The third-order valence-electron chi connectivity index (χ3n) is 3.87. The van der Waals surface area contributed by atoms with Gasteiger partial charge in [0.05, 0.1) is 11.0 Å². The summed E-state index contributed by atoms with van der Waals surface area (Å²) in [6, 6.07) is 5.19. The lowest BCUT2D eigenvalue weighted by Crippen LogP contribution is -2.42. The highest BCUT2D eigenvalue weighted by molar-refractivity contribution is 5.88. The second-order valence-electron chi connectivity index (χ2n) is 5.39. The molecule has 1 unspecified atom stereocenters. The van der Waals surface area contributed by atoms with E-state index in [1.165, 1.54) is 0 Å². The third kappa shape index (κ3) is 2.62. The highest BCUT2D eigenvalue weighted by Gasteiger charge is 2.36. The van der Waals surface area contributed by atoms with Crippen molar-refractivity contribution in [1.29, 1.82) is 0 Å². The summed E-state index contributed by atoms with van der Waals surface area (Å²) in [6.45, 7) is 4.53. The average Bonchev–Trinajstić information content (AvgIpc) is 2.38. The van der Waals surface area contributed by atoms with E-state index in [2.05, 4.69) is 5.32 Å². The van der Waals surface area contributed by atoms with Crippen molar-refractivity contribution in [3.63, 3.8) is 0 Å². The Labute approximate surface area is 112 Å². The number of hydrogen-bond acceptors (Lipinski definition) is 2. The van der Waals surface area contributed by atoms with E-state index >= 15 is 0 Å². The Morgan fingerprint density at radius 1 is 1.37 bits per heavy atom. The molecule has 0 radical (unpaired) electrons. The minimum atomic E-state index is -0.903. The van der Waals surface area contributed by atoms with Crippen molar-refractivity contribution in [2.24, 2.45) is 5.41 Å². The van der Waals surface area contributed by atoms with Crippen molar-refractivity contribution >= 4 is 11.9 Å². The van der Waals surface area contributed by atoms with Gasteiger partial charge >= 0.3 is 5.97 Å². The van der Waals surface area contributed by atoms with Crippen molar-refractivity contribution in [1.82, 2.24) is 5.32 Å². The molecular weight excluding hydrogens is 242 g/mol. The van der Waals surface area contributed by atoms with Gasteiger partial charge in [-0.05, 0) is 49.4 Å². The molecule has 2 N–H and O–H groups in total. The van der Waals surface area contributed by atoms with Crippen LogP contribution in [0, 0.1) is 5.41 Å². The van der Waals surface area contributed by atoms with Crippen LogP contribution in [-0.4, -0.2) is 23.5 Å². The maximum Gasteiger partial charge on any atom is 0.335 e. The van der Waals surface area contributed by atoms with Gasteiger partial charge in [0.15, 0.2) is 0 Å².